The fraction of sp³-hybridized carbons (Fsp3) is 0.100. The van der Waals surface area contributed by atoms with Crippen LogP contribution in [-0.4, -0.2) is 18.1 Å². The molecule has 0 spiro atoms. The van der Waals surface area contributed by atoms with Crippen LogP contribution in [0.5, 0.6) is 0 Å². The van der Waals surface area contributed by atoms with Crippen LogP contribution in [0.2, 0.25) is 5.02 Å². The number of H-pyrrole nitrogens is 1. The normalized spacial score (nSPS) is 10.6. The van der Waals surface area contributed by atoms with Gasteiger partial charge < -0.3 is 9.72 Å². The Hall–Kier alpha value is -1.00. The molecular weight excluding hydrogens is 281 g/mol. The summed E-state index contributed by atoms with van der Waals surface area (Å²) in [4.78, 5) is 14.2. The van der Waals surface area contributed by atoms with E-state index >= 15 is 0 Å². The summed E-state index contributed by atoms with van der Waals surface area (Å²) in [6, 6.07) is 5.25. The molecule has 1 aromatic carbocycles. The maximum atomic E-state index is 11.3. The Labute approximate surface area is 99.5 Å². The van der Waals surface area contributed by atoms with E-state index in [1.165, 1.54) is 7.11 Å². The fourth-order valence-electron chi connectivity index (χ4n) is 1.39. The predicted octanol–water partition coefficient (Wildman–Crippen LogP) is 3.37. The van der Waals surface area contributed by atoms with Crippen LogP contribution in [-0.2, 0) is 4.74 Å². The molecular formula is C10H7BrClNO2. The molecule has 78 valence electrons. The molecule has 3 nitrogen and oxygen atoms in total. The minimum absolute atomic E-state index is 0.394. The summed E-state index contributed by atoms with van der Waals surface area (Å²) in [6.45, 7) is 0. The van der Waals surface area contributed by atoms with Gasteiger partial charge in [-0.15, -0.1) is 0 Å². The maximum absolute atomic E-state index is 11.3. The van der Waals surface area contributed by atoms with Gasteiger partial charge in [-0.1, -0.05) is 11.6 Å². The van der Waals surface area contributed by atoms with Crippen LogP contribution in [0.4, 0.5) is 0 Å². The van der Waals surface area contributed by atoms with Crippen LogP contribution in [0.1, 0.15) is 10.5 Å². The third-order valence-electron chi connectivity index (χ3n) is 2.05. The second-order valence-electron chi connectivity index (χ2n) is 3.03. The number of nitrogens with one attached hydrogen (secondary N) is 1. The highest BCUT2D eigenvalue weighted by atomic mass is 79.9. The molecule has 0 atom stereocenters. The quantitative estimate of drug-likeness (QED) is 0.818. The van der Waals surface area contributed by atoms with Crippen molar-refractivity contribution < 1.29 is 9.53 Å². The van der Waals surface area contributed by atoms with Gasteiger partial charge in [0, 0.05) is 14.9 Å². The second-order valence-corrected chi connectivity index (χ2v) is 4.32. The zero-order valence-electron chi connectivity index (χ0n) is 7.80. The molecule has 0 unspecified atom stereocenters. The molecule has 0 aliphatic heterocycles. The van der Waals surface area contributed by atoms with Crippen LogP contribution in [0.25, 0.3) is 10.9 Å². The average Bonchev–Trinajstić information content (AvgIpc) is 2.60. The Balaban J connectivity index is 2.65. The number of aromatic amines is 1. The molecule has 0 radical (unpaired) electrons. The molecule has 1 aromatic heterocycles. The van der Waals surface area contributed by atoms with Gasteiger partial charge >= 0.3 is 5.97 Å². The van der Waals surface area contributed by atoms with E-state index < -0.39 is 5.97 Å². The number of benzene rings is 1. The number of hydrogen-bond acceptors (Lipinski definition) is 2. The number of carbonyl (C=O) groups is 1. The molecule has 0 aliphatic rings. The standard InChI is InChI=1S/C10H7BrClNO2/c1-15-10(14)8-3-5-2-6(12)4-7(11)9(5)13-8/h2-4,13H,1H3. The Morgan fingerprint density at radius 3 is 2.87 bits per heavy atom. The van der Waals surface area contributed by atoms with Crippen molar-refractivity contribution in [2.75, 3.05) is 7.11 Å². The van der Waals surface area contributed by atoms with E-state index in [1.54, 1.807) is 18.2 Å². The summed E-state index contributed by atoms with van der Waals surface area (Å²) in [7, 11) is 1.34. The Kier molecular flexibility index (Phi) is 2.71. The first-order valence-electron chi connectivity index (χ1n) is 4.18. The number of halogens is 2. The summed E-state index contributed by atoms with van der Waals surface area (Å²) in [6.07, 6.45) is 0. The van der Waals surface area contributed by atoms with Gasteiger partial charge in [0.25, 0.3) is 0 Å². The van der Waals surface area contributed by atoms with Gasteiger partial charge in [0.15, 0.2) is 0 Å². The van der Waals surface area contributed by atoms with Gasteiger partial charge in [0.2, 0.25) is 0 Å². The molecule has 2 rings (SSSR count). The van der Waals surface area contributed by atoms with Gasteiger partial charge in [-0.05, 0) is 34.1 Å². The topological polar surface area (TPSA) is 42.1 Å². The fourth-order valence-corrected chi connectivity index (χ4v) is 2.32. The molecule has 0 saturated heterocycles. The minimum Gasteiger partial charge on any atom is -0.464 e. The summed E-state index contributed by atoms with van der Waals surface area (Å²) in [5.74, 6) is -0.394. The monoisotopic (exact) mass is 287 g/mol. The molecule has 5 heteroatoms. The summed E-state index contributed by atoms with van der Waals surface area (Å²) >= 11 is 9.25. The number of rotatable bonds is 1. The number of esters is 1. The Morgan fingerprint density at radius 2 is 2.20 bits per heavy atom. The first kappa shape index (κ1) is 10.5. The smallest absolute Gasteiger partial charge is 0.354 e. The molecule has 0 fully saturated rings. The van der Waals surface area contributed by atoms with E-state index in [4.69, 9.17) is 11.6 Å². The zero-order valence-corrected chi connectivity index (χ0v) is 10.1. The van der Waals surface area contributed by atoms with Gasteiger partial charge in [-0.3, -0.25) is 0 Å². The maximum Gasteiger partial charge on any atom is 0.354 e. The summed E-state index contributed by atoms with van der Waals surface area (Å²) in [5.41, 5.74) is 1.25. The van der Waals surface area contributed by atoms with E-state index in [0.717, 1.165) is 15.4 Å². The number of methoxy groups -OCH3 is 1. The van der Waals surface area contributed by atoms with Crippen molar-refractivity contribution in [3.63, 3.8) is 0 Å². The molecule has 15 heavy (non-hydrogen) atoms. The Morgan fingerprint density at radius 1 is 1.47 bits per heavy atom. The van der Waals surface area contributed by atoms with Gasteiger partial charge in [0.05, 0.1) is 12.6 Å². The van der Waals surface area contributed by atoms with Crippen LogP contribution < -0.4 is 0 Å². The number of aromatic nitrogens is 1. The SMILES string of the molecule is COC(=O)c1cc2cc(Cl)cc(Br)c2[nH]1. The van der Waals surface area contributed by atoms with Crippen molar-refractivity contribution in [2.24, 2.45) is 0 Å². The van der Waals surface area contributed by atoms with Crippen molar-refractivity contribution in [3.8, 4) is 0 Å². The number of fused-ring (bicyclic) bond motifs is 1. The van der Waals surface area contributed by atoms with Crippen LogP contribution in [0.15, 0.2) is 22.7 Å². The van der Waals surface area contributed by atoms with Crippen molar-refractivity contribution in [3.05, 3.63) is 33.4 Å². The molecule has 1 heterocycles. The first-order chi connectivity index (χ1) is 7.11. The zero-order chi connectivity index (χ0) is 11.0. The van der Waals surface area contributed by atoms with Gasteiger partial charge in [-0.2, -0.15) is 0 Å². The molecule has 0 saturated carbocycles. The highest BCUT2D eigenvalue weighted by Crippen LogP contribution is 2.28. The second kappa shape index (κ2) is 3.87. The van der Waals surface area contributed by atoms with Crippen LogP contribution in [0.3, 0.4) is 0 Å². The van der Waals surface area contributed by atoms with Crippen molar-refractivity contribution in [1.29, 1.82) is 0 Å². The van der Waals surface area contributed by atoms with Crippen LogP contribution >= 0.6 is 27.5 Å². The van der Waals surface area contributed by atoms with Crippen molar-refractivity contribution >= 4 is 44.4 Å². The van der Waals surface area contributed by atoms with E-state index in [-0.39, 0.29) is 0 Å². The molecule has 0 amide bonds. The largest absolute Gasteiger partial charge is 0.464 e. The summed E-state index contributed by atoms with van der Waals surface area (Å²) < 4.78 is 5.44. The van der Waals surface area contributed by atoms with Crippen molar-refractivity contribution in [2.45, 2.75) is 0 Å². The first-order valence-corrected chi connectivity index (χ1v) is 5.35. The lowest BCUT2D eigenvalue weighted by molar-refractivity contribution is 0.0595. The van der Waals surface area contributed by atoms with Gasteiger partial charge in [0.1, 0.15) is 5.69 Å². The van der Waals surface area contributed by atoms with E-state index in [0.29, 0.717) is 10.7 Å². The third kappa shape index (κ3) is 1.87. The average molecular weight is 289 g/mol. The van der Waals surface area contributed by atoms with Gasteiger partial charge in [-0.25, -0.2) is 4.79 Å². The molecule has 2 aromatic rings. The lowest BCUT2D eigenvalue weighted by Crippen LogP contribution is -2.00. The van der Waals surface area contributed by atoms with E-state index in [1.807, 2.05) is 0 Å². The van der Waals surface area contributed by atoms with Crippen molar-refractivity contribution in [1.82, 2.24) is 4.98 Å². The van der Waals surface area contributed by atoms with E-state index in [9.17, 15) is 4.79 Å². The highest BCUT2D eigenvalue weighted by Gasteiger charge is 2.11. The molecule has 1 N–H and O–H groups in total. The lowest BCUT2D eigenvalue weighted by atomic mass is 10.2. The third-order valence-corrected chi connectivity index (χ3v) is 2.89. The molecule has 0 aliphatic carbocycles. The predicted molar refractivity (Wildman–Crippen MR) is 62.3 cm³/mol. The van der Waals surface area contributed by atoms with Crippen LogP contribution in [0, 0.1) is 0 Å². The highest BCUT2D eigenvalue weighted by molar-refractivity contribution is 9.10. The Bertz CT molecular complexity index is 535. The summed E-state index contributed by atoms with van der Waals surface area (Å²) in [5, 5.41) is 1.49. The molecule has 0 bridgehead atoms. The number of carbonyl (C=O) groups excluding carboxylic acids is 1. The number of hydrogen-bond donors (Lipinski definition) is 1. The number of ether oxygens (including phenoxy) is 1. The minimum atomic E-state index is -0.394. The van der Waals surface area contributed by atoms with E-state index in [2.05, 4.69) is 25.7 Å². The lowest BCUT2D eigenvalue weighted by Gasteiger charge is -1.95.